The predicted molar refractivity (Wildman–Crippen MR) is 225 cm³/mol. The van der Waals surface area contributed by atoms with Crippen molar-refractivity contribution >= 4 is 31.8 Å². The topological polar surface area (TPSA) is 162 Å². The van der Waals surface area contributed by atoms with Crippen LogP contribution in [0.3, 0.4) is 0 Å². The van der Waals surface area contributed by atoms with E-state index in [0.29, 0.717) is 28.5 Å². The number of hydrogen-bond donors (Lipinski definition) is 1. The number of aliphatic hydroxyl groups is 1. The fraction of sp³-hybridized carbons (Fsp3) is 0.419. The molecule has 0 aliphatic carbocycles. The molecule has 0 amide bonds. The van der Waals surface area contributed by atoms with Gasteiger partial charge in [-0.25, -0.2) is 24.6 Å². The molecule has 0 bridgehead atoms. The van der Waals surface area contributed by atoms with E-state index in [4.69, 9.17) is 28.0 Å². The van der Waals surface area contributed by atoms with E-state index >= 15 is 0 Å². The first-order valence-corrected chi connectivity index (χ1v) is 20.6. The zero-order chi connectivity index (χ0) is 42.1. The molecule has 1 unspecified atom stereocenters. The Kier molecular flexibility index (Phi) is 14.6. The first-order valence-electron chi connectivity index (χ1n) is 19.5. The predicted octanol–water partition coefficient (Wildman–Crippen LogP) is 6.99. The van der Waals surface area contributed by atoms with Gasteiger partial charge in [-0.2, -0.15) is 5.26 Å². The van der Waals surface area contributed by atoms with Gasteiger partial charge in [0.1, 0.15) is 41.7 Å². The van der Waals surface area contributed by atoms with Crippen molar-refractivity contribution in [2.24, 2.45) is 4.99 Å². The highest BCUT2D eigenvalue weighted by atomic mass is 31.2. The number of fused-ring (bicyclic) bond motifs is 1. The number of imidazole rings is 1. The molecule has 2 aromatic heterocycles. The number of aliphatic hydroxyl groups excluding tert-OH is 1. The second-order valence-corrected chi connectivity index (χ2v) is 16.1. The summed E-state index contributed by atoms with van der Waals surface area (Å²) < 4.78 is 42.3. The van der Waals surface area contributed by atoms with E-state index < -0.39 is 38.7 Å². The van der Waals surface area contributed by atoms with Crippen molar-refractivity contribution in [3.05, 3.63) is 108 Å². The lowest BCUT2D eigenvalue weighted by molar-refractivity contribution is -0.0928. The molecule has 1 aliphatic rings. The average Bonchev–Trinajstić information content (AvgIpc) is 3.81. The first-order chi connectivity index (χ1) is 28.5. The third-order valence-corrected chi connectivity index (χ3v) is 12.0. The molecule has 0 radical (unpaired) electrons. The molecule has 3 heterocycles. The number of aliphatic imine (C=N–C) groups is 1. The smallest absolute Gasteiger partial charge is 0.259 e. The number of benzene rings is 3. The average molecular weight is 825 g/mol. The Morgan fingerprint density at radius 3 is 2.08 bits per heavy atom. The largest absolute Gasteiger partial charge is 0.497 e. The van der Waals surface area contributed by atoms with Crippen LogP contribution in [0, 0.1) is 11.3 Å². The van der Waals surface area contributed by atoms with Gasteiger partial charge >= 0.3 is 0 Å². The van der Waals surface area contributed by atoms with E-state index in [2.05, 4.69) is 58.4 Å². The summed E-state index contributed by atoms with van der Waals surface area (Å²) in [6.45, 7) is 8.34. The standard InChI is InChI=1S/C43H53N8O7P/c1-29(2)51(30(3)4)59(56-24-12-23-44)58-39-36(57-42(38(39)52)50-28-47-37-40(48-27-49(5)6)45-26-46-41(37)50)25-55-43(31-13-10-9-11-14-31,32-15-19-34(53-7)20-16-32)33-17-21-35(54-8)22-18-33/h9-11,13-22,26-30,36,38-39,42,52H,12,24-25H2,1-8H3/b48-27+/t36-,38-,39-,42-,59?/m1/s1. The molecule has 16 heteroatoms. The summed E-state index contributed by atoms with van der Waals surface area (Å²) in [5, 5.41) is 21.8. The van der Waals surface area contributed by atoms with Crippen LogP contribution in [0.4, 0.5) is 5.82 Å². The van der Waals surface area contributed by atoms with Gasteiger partial charge in [0, 0.05) is 26.2 Å². The van der Waals surface area contributed by atoms with E-state index in [9.17, 15) is 10.4 Å². The highest BCUT2D eigenvalue weighted by Gasteiger charge is 2.50. The van der Waals surface area contributed by atoms with Gasteiger partial charge in [0.25, 0.3) is 8.53 Å². The molecule has 6 rings (SSSR count). The summed E-state index contributed by atoms with van der Waals surface area (Å²) in [7, 11) is 5.18. The molecular formula is C43H53N8O7P. The van der Waals surface area contributed by atoms with E-state index in [1.165, 1.54) is 6.33 Å². The lowest BCUT2D eigenvalue weighted by atomic mass is 9.80. The lowest BCUT2D eigenvalue weighted by Crippen LogP contribution is -2.42. The first kappa shape index (κ1) is 43.5. The number of nitrogens with zero attached hydrogens (tertiary/aromatic N) is 8. The third-order valence-electron chi connectivity index (χ3n) is 9.85. The van der Waals surface area contributed by atoms with E-state index in [-0.39, 0.29) is 31.7 Å². The van der Waals surface area contributed by atoms with Crippen molar-refractivity contribution in [2.45, 2.75) is 76.3 Å². The van der Waals surface area contributed by atoms with Crippen LogP contribution in [0.2, 0.25) is 0 Å². The minimum atomic E-state index is -1.80. The van der Waals surface area contributed by atoms with Crippen molar-refractivity contribution < 1.29 is 33.1 Å². The zero-order valence-corrected chi connectivity index (χ0v) is 35.6. The maximum atomic E-state index is 12.4. The third kappa shape index (κ3) is 9.56. The van der Waals surface area contributed by atoms with Gasteiger partial charge in [-0.15, -0.1) is 0 Å². The SMILES string of the molecule is COc1ccc(C(OC[C@H]2O[C@@H](n3cnc4c(/N=C/N(C)C)ncnc43)[C@H](O)[C@@H]2OP(OCCC#N)N(C(C)C)C(C)C)(c2ccccc2)c2ccc(OC)cc2)cc1. The van der Waals surface area contributed by atoms with Gasteiger partial charge in [-0.1, -0.05) is 54.6 Å². The fourth-order valence-corrected chi connectivity index (χ4v) is 8.96. The second kappa shape index (κ2) is 19.8. The van der Waals surface area contributed by atoms with Crippen LogP contribution in [0.1, 0.15) is 57.0 Å². The van der Waals surface area contributed by atoms with Gasteiger partial charge in [0.05, 0.1) is 52.6 Å². The Morgan fingerprint density at radius 1 is 0.915 bits per heavy atom. The molecule has 5 atom stereocenters. The van der Waals surface area contributed by atoms with Crippen LogP contribution >= 0.6 is 8.53 Å². The van der Waals surface area contributed by atoms with E-state index in [1.54, 1.807) is 36.4 Å². The summed E-state index contributed by atoms with van der Waals surface area (Å²) in [4.78, 5) is 19.8. The molecule has 0 spiro atoms. The molecule has 1 fully saturated rings. The summed E-state index contributed by atoms with van der Waals surface area (Å²) in [5.74, 6) is 1.76. The molecule has 1 N–H and O–H groups in total. The Morgan fingerprint density at radius 2 is 1.53 bits per heavy atom. The van der Waals surface area contributed by atoms with E-state index in [1.807, 2.05) is 93.0 Å². The lowest BCUT2D eigenvalue weighted by Gasteiger charge is -2.39. The van der Waals surface area contributed by atoms with Crippen molar-refractivity contribution in [1.82, 2.24) is 29.1 Å². The minimum Gasteiger partial charge on any atom is -0.497 e. The molecular weight excluding hydrogens is 771 g/mol. The molecule has 3 aromatic carbocycles. The Bertz CT molecular complexity index is 2110. The van der Waals surface area contributed by atoms with Gasteiger partial charge in [-0.05, 0) is 68.7 Å². The van der Waals surface area contributed by atoms with Gasteiger partial charge in [0.15, 0.2) is 23.2 Å². The van der Waals surface area contributed by atoms with E-state index in [0.717, 1.165) is 16.7 Å². The number of methoxy groups -OCH3 is 2. The highest BCUT2D eigenvalue weighted by molar-refractivity contribution is 7.44. The Hall–Kier alpha value is -5.04. The maximum Gasteiger partial charge on any atom is 0.259 e. The molecule has 15 nitrogen and oxygen atoms in total. The number of ether oxygens (including phenoxy) is 4. The molecule has 1 saturated heterocycles. The quantitative estimate of drug-likeness (QED) is 0.0298. The van der Waals surface area contributed by atoms with Crippen LogP contribution < -0.4 is 9.47 Å². The van der Waals surface area contributed by atoms with Crippen molar-refractivity contribution in [2.75, 3.05) is 41.5 Å². The molecule has 59 heavy (non-hydrogen) atoms. The van der Waals surface area contributed by atoms with Crippen LogP contribution in [-0.4, -0.2) is 112 Å². The number of rotatable bonds is 19. The van der Waals surface area contributed by atoms with Crippen molar-refractivity contribution in [3.8, 4) is 17.6 Å². The summed E-state index contributed by atoms with van der Waals surface area (Å²) in [5.41, 5.74) is 2.20. The van der Waals surface area contributed by atoms with Crippen LogP contribution in [0.25, 0.3) is 11.2 Å². The van der Waals surface area contributed by atoms with Gasteiger partial charge < -0.3 is 38.0 Å². The molecule has 312 valence electrons. The molecule has 0 saturated carbocycles. The monoisotopic (exact) mass is 824 g/mol. The Labute approximate surface area is 347 Å². The van der Waals surface area contributed by atoms with Crippen LogP contribution in [0.5, 0.6) is 11.5 Å². The Balaban J connectivity index is 1.46. The number of hydrogen-bond acceptors (Lipinski definition) is 13. The normalized spacial score (nSPS) is 18.9. The van der Waals surface area contributed by atoms with Crippen molar-refractivity contribution in [1.29, 1.82) is 5.26 Å². The van der Waals surface area contributed by atoms with Crippen molar-refractivity contribution in [3.63, 3.8) is 0 Å². The number of aromatic nitrogens is 4. The summed E-state index contributed by atoms with van der Waals surface area (Å²) >= 11 is 0. The number of nitriles is 1. The van der Waals surface area contributed by atoms with Crippen LogP contribution in [0.15, 0.2) is 96.5 Å². The van der Waals surface area contributed by atoms with Gasteiger partial charge in [0.2, 0.25) is 0 Å². The second-order valence-electron chi connectivity index (χ2n) is 14.7. The summed E-state index contributed by atoms with van der Waals surface area (Å²) in [6, 6.07) is 27.7. The maximum absolute atomic E-state index is 12.4. The molecule has 5 aromatic rings. The fourth-order valence-electron chi connectivity index (χ4n) is 7.18. The molecule has 1 aliphatic heterocycles. The zero-order valence-electron chi connectivity index (χ0n) is 34.7. The highest BCUT2D eigenvalue weighted by Crippen LogP contribution is 2.51. The summed E-state index contributed by atoms with van der Waals surface area (Å²) in [6.07, 6.45) is 0.693. The van der Waals surface area contributed by atoms with Gasteiger partial charge in [-0.3, -0.25) is 4.57 Å². The van der Waals surface area contributed by atoms with Crippen LogP contribution in [-0.2, 0) is 24.1 Å². The minimum absolute atomic E-state index is 0.0134.